The van der Waals surface area contributed by atoms with E-state index < -0.39 is 24.5 Å². The molecule has 2 aliphatic rings. The van der Waals surface area contributed by atoms with Crippen molar-refractivity contribution in [3.05, 3.63) is 53.5 Å². The summed E-state index contributed by atoms with van der Waals surface area (Å²) < 4.78 is 13.4. The number of anilines is 1. The maximum absolute atomic E-state index is 10.6. The smallest absolute Gasteiger partial charge is 0.167 e. The fourth-order valence-electron chi connectivity index (χ4n) is 4.57. The van der Waals surface area contributed by atoms with Crippen molar-refractivity contribution in [3.8, 4) is 0 Å². The first-order valence-corrected chi connectivity index (χ1v) is 11.1. The molecule has 3 aromatic rings. The summed E-state index contributed by atoms with van der Waals surface area (Å²) in [7, 11) is 0. The van der Waals surface area contributed by atoms with Gasteiger partial charge in [-0.2, -0.15) is 4.91 Å². The summed E-state index contributed by atoms with van der Waals surface area (Å²) in [5.41, 5.74) is 2.10. The van der Waals surface area contributed by atoms with Crippen molar-refractivity contribution < 1.29 is 19.7 Å². The maximum Gasteiger partial charge on any atom is 0.167 e. The van der Waals surface area contributed by atoms with Gasteiger partial charge >= 0.3 is 0 Å². The van der Waals surface area contributed by atoms with Gasteiger partial charge in [-0.25, -0.2) is 15.0 Å². The second-order valence-corrected chi connectivity index (χ2v) is 8.42. The Labute approximate surface area is 189 Å². The number of hydrogen-bond acceptors (Lipinski definition) is 10. The van der Waals surface area contributed by atoms with Crippen molar-refractivity contribution in [1.29, 1.82) is 0 Å². The molecule has 0 spiro atoms. The number of nitrogens with one attached hydrogen (secondary N) is 1. The van der Waals surface area contributed by atoms with E-state index in [9.17, 15) is 15.1 Å². The number of aromatic nitrogens is 4. The van der Waals surface area contributed by atoms with E-state index in [4.69, 9.17) is 9.47 Å². The van der Waals surface area contributed by atoms with E-state index in [0.29, 0.717) is 23.6 Å². The average molecular weight is 454 g/mol. The summed E-state index contributed by atoms with van der Waals surface area (Å²) in [6, 6.07) is 10.2. The van der Waals surface area contributed by atoms with Crippen LogP contribution in [0.1, 0.15) is 31.1 Å². The van der Waals surface area contributed by atoms with Gasteiger partial charge in [-0.3, -0.25) is 4.57 Å². The van der Waals surface area contributed by atoms with Gasteiger partial charge in [-0.1, -0.05) is 35.5 Å². The van der Waals surface area contributed by atoms with Gasteiger partial charge in [0.1, 0.15) is 31.2 Å². The van der Waals surface area contributed by atoms with Crippen LogP contribution in [0.4, 0.5) is 5.82 Å². The van der Waals surface area contributed by atoms with Gasteiger partial charge in [0, 0.05) is 0 Å². The minimum absolute atomic E-state index is 0.0454. The van der Waals surface area contributed by atoms with Gasteiger partial charge in [0.15, 0.2) is 23.2 Å². The third-order valence-electron chi connectivity index (χ3n) is 6.31. The van der Waals surface area contributed by atoms with Crippen LogP contribution in [0.15, 0.2) is 48.2 Å². The van der Waals surface area contributed by atoms with Gasteiger partial charge in [-0.15, -0.1) is 0 Å². The molecule has 174 valence electrons. The Morgan fingerprint density at radius 1 is 1.15 bits per heavy atom. The molecule has 2 aromatic heterocycles. The fraction of sp³-hybridized carbons (Fsp3) is 0.500. The number of nitroso groups, excluding NO2 is 1. The number of aliphatic hydroxyl groups is 2. The molecule has 0 radical (unpaired) electrons. The van der Waals surface area contributed by atoms with Crippen molar-refractivity contribution >= 4 is 17.0 Å². The SMILES string of the molecule is O=NC[C@H]1O[C@@H](n2cnc3c(NC4CCCC4OCc4ccccc4)ncnc32)[C@H](O)[C@@H]1O. The summed E-state index contributed by atoms with van der Waals surface area (Å²) in [5.74, 6) is 0.568. The number of imidazole rings is 1. The van der Waals surface area contributed by atoms with Crippen LogP contribution in [0.3, 0.4) is 0 Å². The van der Waals surface area contributed by atoms with Crippen LogP contribution in [0.5, 0.6) is 0 Å². The molecule has 0 amide bonds. The molecule has 2 fully saturated rings. The van der Waals surface area contributed by atoms with Crippen LogP contribution in [0.25, 0.3) is 11.2 Å². The Morgan fingerprint density at radius 3 is 2.82 bits per heavy atom. The molecule has 1 aromatic carbocycles. The van der Waals surface area contributed by atoms with Crippen molar-refractivity contribution in [3.63, 3.8) is 0 Å². The largest absolute Gasteiger partial charge is 0.387 e. The van der Waals surface area contributed by atoms with Gasteiger partial charge in [-0.05, 0) is 24.8 Å². The molecule has 3 heterocycles. The van der Waals surface area contributed by atoms with E-state index in [1.807, 2.05) is 30.3 Å². The second kappa shape index (κ2) is 9.48. The van der Waals surface area contributed by atoms with Crippen LogP contribution < -0.4 is 5.32 Å². The number of ether oxygens (including phenoxy) is 2. The third kappa shape index (κ3) is 4.32. The summed E-state index contributed by atoms with van der Waals surface area (Å²) in [4.78, 5) is 23.7. The number of aliphatic hydroxyl groups excluding tert-OH is 2. The summed E-state index contributed by atoms with van der Waals surface area (Å²) in [5, 5.41) is 26.8. The molecular weight excluding hydrogens is 428 g/mol. The Kier molecular flexibility index (Phi) is 6.27. The summed E-state index contributed by atoms with van der Waals surface area (Å²) in [6.45, 7) is 0.294. The lowest BCUT2D eigenvalue weighted by molar-refractivity contribution is -0.0321. The molecule has 3 N–H and O–H groups in total. The van der Waals surface area contributed by atoms with E-state index in [0.717, 1.165) is 24.8 Å². The molecule has 1 saturated carbocycles. The Bertz CT molecular complexity index is 1100. The molecule has 33 heavy (non-hydrogen) atoms. The van der Waals surface area contributed by atoms with Crippen LogP contribution >= 0.6 is 0 Å². The van der Waals surface area contributed by atoms with E-state index in [2.05, 4.69) is 25.4 Å². The lowest BCUT2D eigenvalue weighted by Crippen LogP contribution is -2.32. The highest BCUT2D eigenvalue weighted by atomic mass is 16.6. The molecular formula is C22H26N6O5. The van der Waals surface area contributed by atoms with E-state index in [1.54, 1.807) is 4.57 Å². The van der Waals surface area contributed by atoms with Crippen LogP contribution in [0, 0.1) is 4.91 Å². The van der Waals surface area contributed by atoms with Gasteiger partial charge in [0.25, 0.3) is 0 Å². The lowest BCUT2D eigenvalue weighted by atomic mass is 10.1. The first kappa shape index (κ1) is 21.8. The quantitative estimate of drug-likeness (QED) is 0.434. The standard InChI is InChI=1S/C22H26N6O5/c29-18-16(9-26-31)33-22(19(18)30)28-12-25-17-20(23-11-24-21(17)28)27-14-7-4-8-15(14)32-10-13-5-2-1-3-6-13/h1-3,5-6,11-12,14-16,18-19,22,29-30H,4,7-10H2,(H,23,24,27)/t14?,15?,16-,18-,19-,22-/m1/s1. The summed E-state index contributed by atoms with van der Waals surface area (Å²) in [6.07, 6.45) is 1.60. The minimum Gasteiger partial charge on any atom is -0.387 e. The molecule has 2 unspecified atom stereocenters. The van der Waals surface area contributed by atoms with Gasteiger partial charge < -0.3 is 25.0 Å². The molecule has 1 saturated heterocycles. The monoisotopic (exact) mass is 454 g/mol. The highest BCUT2D eigenvalue weighted by molar-refractivity contribution is 5.82. The minimum atomic E-state index is -1.24. The molecule has 11 heteroatoms. The van der Waals surface area contributed by atoms with Crippen molar-refractivity contribution in [2.45, 2.75) is 62.6 Å². The first-order valence-electron chi connectivity index (χ1n) is 11.1. The highest BCUT2D eigenvalue weighted by Gasteiger charge is 2.44. The zero-order chi connectivity index (χ0) is 22.8. The molecule has 11 nitrogen and oxygen atoms in total. The van der Waals surface area contributed by atoms with E-state index >= 15 is 0 Å². The fourth-order valence-corrected chi connectivity index (χ4v) is 4.57. The van der Waals surface area contributed by atoms with Crippen LogP contribution in [-0.2, 0) is 16.1 Å². The first-order chi connectivity index (χ1) is 16.2. The van der Waals surface area contributed by atoms with Crippen LogP contribution in [0.2, 0.25) is 0 Å². The van der Waals surface area contributed by atoms with Gasteiger partial charge in [0.2, 0.25) is 0 Å². The predicted molar refractivity (Wildman–Crippen MR) is 118 cm³/mol. The molecule has 1 aliphatic heterocycles. The second-order valence-electron chi connectivity index (χ2n) is 8.42. The summed E-state index contributed by atoms with van der Waals surface area (Å²) >= 11 is 0. The lowest BCUT2D eigenvalue weighted by Gasteiger charge is -2.22. The number of fused-ring (bicyclic) bond motifs is 1. The molecule has 1 aliphatic carbocycles. The number of nitrogens with zero attached hydrogens (tertiary/aromatic N) is 5. The highest BCUT2D eigenvalue weighted by Crippen LogP contribution is 2.33. The number of benzene rings is 1. The van der Waals surface area contributed by atoms with Crippen molar-refractivity contribution in [2.24, 2.45) is 5.18 Å². The Balaban J connectivity index is 1.32. The van der Waals surface area contributed by atoms with Crippen molar-refractivity contribution in [2.75, 3.05) is 11.9 Å². The third-order valence-corrected chi connectivity index (χ3v) is 6.31. The van der Waals surface area contributed by atoms with Gasteiger partial charge in [0.05, 0.1) is 25.1 Å². The zero-order valence-corrected chi connectivity index (χ0v) is 17.9. The van der Waals surface area contributed by atoms with Crippen LogP contribution in [-0.4, -0.2) is 66.7 Å². The maximum atomic E-state index is 10.6. The average Bonchev–Trinajstić information content (AvgIpc) is 3.53. The number of rotatable bonds is 8. The van der Waals surface area contributed by atoms with E-state index in [-0.39, 0.29) is 18.7 Å². The van der Waals surface area contributed by atoms with Crippen molar-refractivity contribution in [1.82, 2.24) is 19.5 Å². The Hall–Kier alpha value is -2.99. The van der Waals surface area contributed by atoms with E-state index in [1.165, 1.54) is 12.7 Å². The Morgan fingerprint density at radius 2 is 2.00 bits per heavy atom. The molecule has 5 rings (SSSR count). The topological polar surface area (TPSA) is 144 Å². The number of hydrogen-bond donors (Lipinski definition) is 3. The molecule has 0 bridgehead atoms. The normalized spacial score (nSPS) is 29.5. The molecule has 6 atom stereocenters. The zero-order valence-electron chi connectivity index (χ0n) is 17.9. The predicted octanol–water partition coefficient (Wildman–Crippen LogP) is 1.76.